The maximum atomic E-state index is 11.3. The van der Waals surface area contributed by atoms with Gasteiger partial charge in [0.05, 0.1) is 0 Å². The molecule has 4 nitrogen and oxygen atoms in total. The molecule has 0 bridgehead atoms. The maximum absolute atomic E-state index is 11.3. The molecule has 1 aliphatic rings. The van der Waals surface area contributed by atoms with Crippen molar-refractivity contribution in [1.29, 1.82) is 0 Å². The summed E-state index contributed by atoms with van der Waals surface area (Å²) < 4.78 is 45.4. The van der Waals surface area contributed by atoms with Gasteiger partial charge in [-0.2, -0.15) is 0 Å². The van der Waals surface area contributed by atoms with E-state index in [4.69, 9.17) is 14.0 Å². The zero-order chi connectivity index (χ0) is 15.8. The molecule has 0 aromatic heterocycles. The van der Waals surface area contributed by atoms with E-state index in [1.54, 1.807) is 0 Å². The second kappa shape index (κ2) is 4.17. The smallest absolute Gasteiger partial charge is 0.407 e. The van der Waals surface area contributed by atoms with Gasteiger partial charge in [0.1, 0.15) is 0 Å². The van der Waals surface area contributed by atoms with Gasteiger partial charge in [-0.1, -0.05) is 0 Å². The zero-order valence-corrected chi connectivity index (χ0v) is 7.99. The van der Waals surface area contributed by atoms with E-state index in [1.165, 1.54) is 0 Å². The van der Waals surface area contributed by atoms with E-state index < -0.39 is 25.3 Å². The molecule has 0 aromatic rings. The van der Waals surface area contributed by atoms with Gasteiger partial charge in [0.25, 0.3) is 0 Å². The van der Waals surface area contributed by atoms with E-state index >= 15 is 0 Å². The van der Waals surface area contributed by atoms with Gasteiger partial charge in [-0.25, -0.2) is 4.79 Å². The first-order valence-electron chi connectivity index (χ1n) is 7.68. The van der Waals surface area contributed by atoms with Crippen molar-refractivity contribution in [3.05, 3.63) is 0 Å². The van der Waals surface area contributed by atoms with Crippen molar-refractivity contribution in [3.63, 3.8) is 0 Å². The number of nitrogens with two attached hydrogens (primary N) is 1. The molecule has 1 atom stereocenters. The summed E-state index contributed by atoms with van der Waals surface area (Å²) in [5.41, 5.74) is 3.06. The molecule has 0 aromatic carbocycles. The number of carboxylic acid groups (broad SMARTS) is 1. The van der Waals surface area contributed by atoms with Crippen LogP contribution in [0.1, 0.15) is 41.2 Å². The Morgan fingerprint density at radius 2 is 2.50 bits per heavy atom. The van der Waals surface area contributed by atoms with Crippen LogP contribution in [0.3, 0.4) is 0 Å². The van der Waals surface area contributed by atoms with Crippen LogP contribution in [0.15, 0.2) is 0 Å². The van der Waals surface area contributed by atoms with Gasteiger partial charge in [0, 0.05) is 20.3 Å². The molecule has 1 heterocycles. The molecule has 1 amide bonds. The highest BCUT2D eigenvalue weighted by Gasteiger charge is 2.40. The number of hydrogen-bond acceptors (Lipinski definition) is 2. The Kier molecular flexibility index (Phi) is 1.59. The average molecular weight is 206 g/mol. The normalized spacial score (nSPS) is 33.5. The molecule has 0 aliphatic carbocycles. The van der Waals surface area contributed by atoms with Gasteiger partial charge in [0.15, 0.2) is 0 Å². The number of hydrogen-bond donors (Lipinski definition) is 2. The van der Waals surface area contributed by atoms with Crippen molar-refractivity contribution in [2.75, 3.05) is 13.1 Å². The molecule has 0 unspecified atom stereocenters. The van der Waals surface area contributed by atoms with Crippen LogP contribution in [0.4, 0.5) is 4.79 Å². The third kappa shape index (κ3) is 2.38. The highest BCUT2D eigenvalue weighted by atomic mass is 16.4. The van der Waals surface area contributed by atoms with Gasteiger partial charge in [-0.15, -0.1) is 0 Å². The Morgan fingerprint density at radius 1 is 1.79 bits per heavy atom. The SMILES string of the molecule is [2H]C([2H])([2H])C1(C([2H])([2H])[2H])C[C@H](CCCN)CN1C(=O)O. The molecule has 1 rings (SSSR count). The molecular formula is C10H20N2O2. The van der Waals surface area contributed by atoms with Crippen molar-refractivity contribution in [2.45, 2.75) is 38.5 Å². The van der Waals surface area contributed by atoms with Crippen molar-refractivity contribution in [3.8, 4) is 0 Å². The molecule has 1 saturated heterocycles. The lowest BCUT2D eigenvalue weighted by molar-refractivity contribution is 0.117. The summed E-state index contributed by atoms with van der Waals surface area (Å²) in [4.78, 5) is 11.9. The molecule has 4 heteroatoms. The van der Waals surface area contributed by atoms with Crippen LogP contribution in [-0.2, 0) is 0 Å². The summed E-state index contributed by atoms with van der Waals surface area (Å²) in [6.45, 7) is -5.49. The lowest BCUT2D eigenvalue weighted by atomic mass is 9.93. The van der Waals surface area contributed by atoms with Crippen LogP contribution in [-0.4, -0.2) is 34.7 Å². The first kappa shape index (κ1) is 5.35. The minimum absolute atomic E-state index is 0.0773. The van der Waals surface area contributed by atoms with Crippen molar-refractivity contribution in [1.82, 2.24) is 4.90 Å². The summed E-state index contributed by atoms with van der Waals surface area (Å²) in [7, 11) is 0. The molecule has 0 spiro atoms. The summed E-state index contributed by atoms with van der Waals surface area (Å²) >= 11 is 0. The van der Waals surface area contributed by atoms with Crippen LogP contribution in [0.5, 0.6) is 0 Å². The fraction of sp³-hybridized carbons (Fsp3) is 0.900. The molecule has 14 heavy (non-hydrogen) atoms. The topological polar surface area (TPSA) is 66.6 Å². The highest BCUT2D eigenvalue weighted by molar-refractivity contribution is 5.66. The van der Waals surface area contributed by atoms with Crippen LogP contribution in [0.2, 0.25) is 0 Å². The fourth-order valence-electron chi connectivity index (χ4n) is 1.85. The standard InChI is InChI=1S/C10H20N2O2/c1-10(2)6-8(4-3-5-11)7-12(10)9(13)14/h8H,3-7,11H2,1-2H3,(H,13,14)/t8-/m0/s1/i1D3,2D3. The number of nitrogens with zero attached hydrogens (tertiary/aromatic N) is 1. The Morgan fingerprint density at radius 3 is 2.93 bits per heavy atom. The third-order valence-electron chi connectivity index (χ3n) is 2.53. The molecule has 0 saturated carbocycles. The summed E-state index contributed by atoms with van der Waals surface area (Å²) in [5, 5.41) is 9.22. The molecule has 1 fully saturated rings. The number of likely N-dealkylation sites (tertiary alicyclic amines) is 1. The quantitative estimate of drug-likeness (QED) is 0.735. The van der Waals surface area contributed by atoms with E-state index in [0.29, 0.717) is 24.3 Å². The predicted octanol–water partition coefficient (Wildman–Crippen LogP) is 1.50. The molecule has 82 valence electrons. The monoisotopic (exact) mass is 206 g/mol. The Balaban J connectivity index is 3.22. The first-order valence-corrected chi connectivity index (χ1v) is 4.68. The highest BCUT2D eigenvalue weighted by Crippen LogP contribution is 2.34. The largest absolute Gasteiger partial charge is 0.465 e. The third-order valence-corrected chi connectivity index (χ3v) is 2.53. The van der Waals surface area contributed by atoms with Gasteiger partial charge in [-0.05, 0) is 45.4 Å². The molecule has 0 radical (unpaired) electrons. The molecule has 1 aliphatic heterocycles. The summed E-state index contributed by atoms with van der Waals surface area (Å²) in [6.07, 6.45) is -0.566. The van der Waals surface area contributed by atoms with E-state index in [1.807, 2.05) is 0 Å². The van der Waals surface area contributed by atoms with Gasteiger partial charge in [-0.3, -0.25) is 0 Å². The zero-order valence-electron chi connectivity index (χ0n) is 14.0. The van der Waals surface area contributed by atoms with Crippen molar-refractivity contribution in [2.24, 2.45) is 11.7 Å². The maximum Gasteiger partial charge on any atom is 0.407 e. The van der Waals surface area contributed by atoms with Gasteiger partial charge in [0.2, 0.25) is 0 Å². The number of rotatable bonds is 3. The number of carbonyl (C=O) groups is 1. The fourth-order valence-corrected chi connectivity index (χ4v) is 1.85. The predicted molar refractivity (Wildman–Crippen MR) is 55.2 cm³/mol. The van der Waals surface area contributed by atoms with Gasteiger partial charge >= 0.3 is 6.09 Å². The van der Waals surface area contributed by atoms with Crippen LogP contribution in [0, 0.1) is 5.92 Å². The van der Waals surface area contributed by atoms with E-state index in [-0.39, 0.29) is 18.9 Å². The van der Waals surface area contributed by atoms with Crippen molar-refractivity contribution >= 4 is 6.09 Å². The minimum Gasteiger partial charge on any atom is -0.465 e. The van der Waals surface area contributed by atoms with E-state index in [0.717, 1.165) is 0 Å². The minimum atomic E-state index is -2.91. The molecule has 3 N–H and O–H groups in total. The van der Waals surface area contributed by atoms with Crippen molar-refractivity contribution < 1.29 is 18.1 Å². The summed E-state index contributed by atoms with van der Waals surface area (Å²) in [5.74, 6) is -0.296. The van der Waals surface area contributed by atoms with Gasteiger partial charge < -0.3 is 15.7 Å². The lowest BCUT2D eigenvalue weighted by Gasteiger charge is -2.28. The second-order valence-corrected chi connectivity index (χ2v) is 3.75. The van der Waals surface area contributed by atoms with Crippen LogP contribution < -0.4 is 5.73 Å². The molecular weight excluding hydrogens is 180 g/mol. The van der Waals surface area contributed by atoms with E-state index in [9.17, 15) is 9.90 Å². The summed E-state index contributed by atoms with van der Waals surface area (Å²) in [6, 6.07) is 0. The average Bonchev–Trinajstić information content (AvgIpc) is 2.65. The van der Waals surface area contributed by atoms with Crippen LogP contribution in [0.25, 0.3) is 0 Å². The first-order chi connectivity index (χ1) is 8.97. The van der Waals surface area contributed by atoms with E-state index in [2.05, 4.69) is 0 Å². The Bertz CT molecular complexity index is 354. The lowest BCUT2D eigenvalue weighted by Crippen LogP contribution is -2.41. The van der Waals surface area contributed by atoms with Crippen LogP contribution >= 0.6 is 0 Å². The Hall–Kier alpha value is -0.770. The second-order valence-electron chi connectivity index (χ2n) is 3.75. The Labute approximate surface area is 93.5 Å². The number of amides is 1.